The fraction of sp³-hybridized carbons (Fsp3) is 0.333. The maximum absolute atomic E-state index is 11.9. The van der Waals surface area contributed by atoms with Gasteiger partial charge in [0.15, 0.2) is 0 Å². The van der Waals surface area contributed by atoms with Crippen LogP contribution >= 0.6 is 35.8 Å². The summed E-state index contributed by atoms with van der Waals surface area (Å²) in [7, 11) is 0. The van der Waals surface area contributed by atoms with Crippen LogP contribution in [-0.4, -0.2) is 29.5 Å². The van der Waals surface area contributed by atoms with Gasteiger partial charge in [-0.25, -0.2) is 0 Å². The van der Waals surface area contributed by atoms with E-state index in [1.54, 1.807) is 30.0 Å². The van der Waals surface area contributed by atoms with E-state index in [2.05, 4.69) is 16.0 Å². The van der Waals surface area contributed by atoms with Gasteiger partial charge in [-0.3, -0.25) is 14.9 Å². The van der Waals surface area contributed by atoms with Gasteiger partial charge >= 0.3 is 0 Å². The lowest BCUT2D eigenvalue weighted by Crippen LogP contribution is -2.37. The zero-order valence-corrected chi connectivity index (χ0v) is 13.1. The van der Waals surface area contributed by atoms with Crippen molar-refractivity contribution in [1.29, 1.82) is 0 Å². The van der Waals surface area contributed by atoms with E-state index in [1.807, 2.05) is 0 Å². The molecule has 0 aromatic heterocycles. The van der Waals surface area contributed by atoms with E-state index in [-0.39, 0.29) is 30.3 Å². The van der Waals surface area contributed by atoms with Gasteiger partial charge in [-0.2, -0.15) is 0 Å². The van der Waals surface area contributed by atoms with Crippen LogP contribution in [0.5, 0.6) is 0 Å². The van der Waals surface area contributed by atoms with Crippen LogP contribution in [0.25, 0.3) is 0 Å². The van der Waals surface area contributed by atoms with Crippen molar-refractivity contribution in [2.24, 2.45) is 0 Å². The third-order valence-electron chi connectivity index (χ3n) is 2.58. The summed E-state index contributed by atoms with van der Waals surface area (Å²) >= 11 is 7.72. The number of rotatable bonds is 3. The Morgan fingerprint density at radius 2 is 2.15 bits per heavy atom. The van der Waals surface area contributed by atoms with Gasteiger partial charge in [0.25, 0.3) is 0 Å². The Balaban J connectivity index is 0.00000200. The number of hydrogen-bond acceptors (Lipinski definition) is 4. The summed E-state index contributed by atoms with van der Waals surface area (Å²) in [4.78, 5) is 22.8. The van der Waals surface area contributed by atoms with E-state index in [0.29, 0.717) is 16.4 Å². The first-order chi connectivity index (χ1) is 9.06. The molecule has 1 fully saturated rings. The predicted molar refractivity (Wildman–Crippen MR) is 85.9 cm³/mol. The second-order valence-corrected chi connectivity index (χ2v) is 5.57. The third kappa shape index (κ3) is 4.56. The molecule has 1 saturated heterocycles. The lowest BCUT2D eigenvalue weighted by atomic mass is 10.2. The summed E-state index contributed by atoms with van der Waals surface area (Å²) in [5.74, 6) is 1.29. The largest absolute Gasteiger partial charge is 0.325 e. The fourth-order valence-electron chi connectivity index (χ4n) is 1.68. The molecule has 20 heavy (non-hydrogen) atoms. The number of hydrogen-bond donors (Lipinski definition) is 3. The highest BCUT2D eigenvalue weighted by atomic mass is 35.5. The van der Waals surface area contributed by atoms with E-state index in [0.717, 1.165) is 11.6 Å². The number of carbonyl (C=O) groups excluding carboxylic acids is 2. The molecule has 1 aliphatic heterocycles. The molecule has 1 heterocycles. The van der Waals surface area contributed by atoms with E-state index < -0.39 is 0 Å². The first-order valence-electron chi connectivity index (χ1n) is 5.75. The molecule has 0 spiro atoms. The summed E-state index contributed by atoms with van der Waals surface area (Å²) in [6.45, 7) is 1.41. The second kappa shape index (κ2) is 7.73. The van der Waals surface area contributed by atoms with E-state index >= 15 is 0 Å². The molecule has 5 nitrogen and oxygen atoms in total. The molecule has 2 amide bonds. The first kappa shape index (κ1) is 17.1. The molecule has 1 unspecified atom stereocenters. The highest BCUT2D eigenvalue weighted by Crippen LogP contribution is 2.25. The van der Waals surface area contributed by atoms with Gasteiger partial charge in [0, 0.05) is 24.2 Å². The zero-order valence-electron chi connectivity index (χ0n) is 10.7. The SMILES string of the molecule is CC(=O)Nc1ccc(NC(=O)C2CSCN2)cc1Cl.Cl. The summed E-state index contributed by atoms with van der Waals surface area (Å²) in [5, 5.41) is 8.88. The molecule has 0 saturated carbocycles. The Morgan fingerprint density at radius 3 is 2.70 bits per heavy atom. The molecule has 1 atom stereocenters. The molecule has 1 aromatic carbocycles. The highest BCUT2D eigenvalue weighted by molar-refractivity contribution is 7.99. The molecule has 0 bridgehead atoms. The van der Waals surface area contributed by atoms with Crippen molar-refractivity contribution in [3.63, 3.8) is 0 Å². The molecule has 0 radical (unpaired) electrons. The van der Waals surface area contributed by atoms with Crippen molar-refractivity contribution in [3.05, 3.63) is 23.2 Å². The lowest BCUT2D eigenvalue weighted by molar-refractivity contribution is -0.117. The topological polar surface area (TPSA) is 70.2 Å². The van der Waals surface area contributed by atoms with Crippen LogP contribution in [-0.2, 0) is 9.59 Å². The normalized spacial score (nSPS) is 17.2. The molecule has 3 N–H and O–H groups in total. The average Bonchev–Trinajstić information content (AvgIpc) is 2.86. The Morgan fingerprint density at radius 1 is 1.40 bits per heavy atom. The number of thioether (sulfide) groups is 1. The van der Waals surface area contributed by atoms with Crippen LogP contribution < -0.4 is 16.0 Å². The van der Waals surface area contributed by atoms with Crippen LogP contribution in [0.1, 0.15) is 6.92 Å². The summed E-state index contributed by atoms with van der Waals surface area (Å²) < 4.78 is 0. The highest BCUT2D eigenvalue weighted by Gasteiger charge is 2.22. The minimum absolute atomic E-state index is 0. The minimum atomic E-state index is -0.189. The number of anilines is 2. The molecular weight excluding hydrogens is 321 g/mol. The number of benzene rings is 1. The molecule has 8 heteroatoms. The summed E-state index contributed by atoms with van der Waals surface area (Å²) in [5.41, 5.74) is 1.14. The molecule has 110 valence electrons. The molecule has 1 aliphatic rings. The van der Waals surface area contributed by atoms with E-state index in [9.17, 15) is 9.59 Å². The summed E-state index contributed by atoms with van der Waals surface area (Å²) in [6, 6.07) is 4.82. The second-order valence-electron chi connectivity index (χ2n) is 4.14. The van der Waals surface area contributed by atoms with Crippen molar-refractivity contribution in [2.75, 3.05) is 22.3 Å². The molecule has 2 rings (SSSR count). The van der Waals surface area contributed by atoms with Crippen LogP contribution in [0.2, 0.25) is 5.02 Å². The quantitative estimate of drug-likeness (QED) is 0.792. The van der Waals surface area contributed by atoms with Gasteiger partial charge in [-0.15, -0.1) is 24.2 Å². The van der Waals surface area contributed by atoms with Crippen molar-refractivity contribution in [2.45, 2.75) is 13.0 Å². The number of nitrogens with one attached hydrogen (secondary N) is 3. The fourth-order valence-corrected chi connectivity index (χ4v) is 2.85. The smallest absolute Gasteiger partial charge is 0.242 e. The van der Waals surface area contributed by atoms with E-state index in [4.69, 9.17) is 11.6 Å². The van der Waals surface area contributed by atoms with Gasteiger partial charge in [0.1, 0.15) is 0 Å². The van der Waals surface area contributed by atoms with E-state index in [1.165, 1.54) is 6.92 Å². The zero-order chi connectivity index (χ0) is 13.8. The van der Waals surface area contributed by atoms with Gasteiger partial charge in [-0.05, 0) is 18.2 Å². The number of amides is 2. The average molecular weight is 336 g/mol. The maximum Gasteiger partial charge on any atom is 0.242 e. The third-order valence-corrected chi connectivity index (χ3v) is 3.83. The maximum atomic E-state index is 11.9. The van der Waals surface area contributed by atoms with Gasteiger partial charge in [0.2, 0.25) is 11.8 Å². The van der Waals surface area contributed by atoms with Crippen LogP contribution in [0.15, 0.2) is 18.2 Å². The van der Waals surface area contributed by atoms with Crippen LogP contribution in [0, 0.1) is 0 Å². The van der Waals surface area contributed by atoms with Gasteiger partial charge in [0.05, 0.1) is 16.8 Å². The Kier molecular flexibility index (Phi) is 6.61. The van der Waals surface area contributed by atoms with Crippen molar-refractivity contribution in [1.82, 2.24) is 5.32 Å². The summed E-state index contributed by atoms with van der Waals surface area (Å²) in [6.07, 6.45) is 0. The van der Waals surface area contributed by atoms with Crippen LogP contribution in [0.3, 0.4) is 0 Å². The van der Waals surface area contributed by atoms with Gasteiger partial charge in [-0.1, -0.05) is 11.6 Å². The molecular formula is C12H15Cl2N3O2S. The van der Waals surface area contributed by atoms with Crippen molar-refractivity contribution < 1.29 is 9.59 Å². The Bertz CT molecular complexity index is 507. The Hall–Kier alpha value is -0.950. The molecule has 1 aromatic rings. The monoisotopic (exact) mass is 335 g/mol. The first-order valence-corrected chi connectivity index (χ1v) is 7.28. The standard InChI is InChI=1S/C12H14ClN3O2S.ClH/c1-7(17)15-10-3-2-8(4-9(10)13)16-12(18)11-5-19-6-14-11;/h2-4,11,14H,5-6H2,1H3,(H,15,17)(H,16,18);1H. The van der Waals surface area contributed by atoms with Gasteiger partial charge < -0.3 is 10.6 Å². The van der Waals surface area contributed by atoms with Crippen LogP contribution in [0.4, 0.5) is 11.4 Å². The molecule has 0 aliphatic carbocycles. The lowest BCUT2D eigenvalue weighted by Gasteiger charge is -2.12. The number of carbonyl (C=O) groups is 2. The predicted octanol–water partition coefficient (Wildman–Crippen LogP) is 2.32. The number of halogens is 2. The van der Waals surface area contributed by atoms with Crippen molar-refractivity contribution >= 4 is 59.0 Å². The Labute approximate surface area is 132 Å². The van der Waals surface area contributed by atoms with Crippen molar-refractivity contribution in [3.8, 4) is 0 Å². The minimum Gasteiger partial charge on any atom is -0.325 e.